The zero-order valence-electron chi connectivity index (χ0n) is 14.7. The molecule has 24 heavy (non-hydrogen) atoms. The van der Waals surface area contributed by atoms with Gasteiger partial charge in [0.15, 0.2) is 0 Å². The number of amides is 1. The molecule has 2 heterocycles. The number of likely N-dealkylation sites (N-methyl/N-ethyl adjacent to an activating group) is 1. The molecular weight excluding hydrogens is 318 g/mol. The van der Waals surface area contributed by atoms with Crippen LogP contribution in [0, 0.1) is 0 Å². The maximum atomic E-state index is 12.8. The largest absolute Gasteiger partial charge is 0.334 e. The second-order valence-corrected chi connectivity index (χ2v) is 7.76. The minimum absolute atomic E-state index is 0.245. The molecule has 5 heteroatoms. The maximum Gasteiger partial charge on any atom is 0.224 e. The smallest absolute Gasteiger partial charge is 0.224 e. The Morgan fingerprint density at radius 2 is 1.79 bits per heavy atom. The molecule has 2 aliphatic rings. The Bertz CT molecular complexity index is 517. The van der Waals surface area contributed by atoms with Crippen LogP contribution in [0.4, 0.5) is 0 Å². The number of piperazine rings is 1. The molecule has 4 nitrogen and oxygen atoms in total. The lowest BCUT2D eigenvalue weighted by molar-refractivity contribution is -0.133. The van der Waals surface area contributed by atoms with Gasteiger partial charge in [-0.1, -0.05) is 37.3 Å². The van der Waals surface area contributed by atoms with E-state index in [0.717, 1.165) is 57.3 Å². The van der Waals surface area contributed by atoms with E-state index < -0.39 is 0 Å². The van der Waals surface area contributed by atoms with Crippen molar-refractivity contribution in [3.05, 3.63) is 35.9 Å². The van der Waals surface area contributed by atoms with Crippen molar-refractivity contribution in [2.24, 2.45) is 0 Å². The molecule has 0 saturated carbocycles. The fourth-order valence-corrected chi connectivity index (χ4v) is 4.67. The van der Waals surface area contributed by atoms with Gasteiger partial charge in [0.2, 0.25) is 5.91 Å². The first-order valence-corrected chi connectivity index (χ1v) is 10.3. The quantitative estimate of drug-likeness (QED) is 0.817. The SMILES string of the molecule is CCN1CCN(CCC(=O)N2CCSC[C@H]2c2ccccc2)CC1. The topological polar surface area (TPSA) is 26.8 Å². The number of carbonyl (C=O) groups excluding carboxylic acids is 1. The van der Waals surface area contributed by atoms with Gasteiger partial charge in [0.05, 0.1) is 6.04 Å². The maximum absolute atomic E-state index is 12.8. The van der Waals surface area contributed by atoms with Crippen molar-refractivity contribution in [2.45, 2.75) is 19.4 Å². The molecule has 0 N–H and O–H groups in total. The Morgan fingerprint density at radius 3 is 2.50 bits per heavy atom. The molecule has 0 spiro atoms. The molecule has 2 aliphatic heterocycles. The third kappa shape index (κ3) is 4.52. The summed E-state index contributed by atoms with van der Waals surface area (Å²) in [5.74, 6) is 2.40. The van der Waals surface area contributed by atoms with Crippen LogP contribution in [-0.2, 0) is 4.79 Å². The van der Waals surface area contributed by atoms with Crippen LogP contribution < -0.4 is 0 Å². The predicted molar refractivity (Wildman–Crippen MR) is 101 cm³/mol. The minimum atomic E-state index is 0.245. The van der Waals surface area contributed by atoms with Crippen LogP contribution in [0.15, 0.2) is 30.3 Å². The number of nitrogens with zero attached hydrogens (tertiary/aromatic N) is 3. The Hall–Kier alpha value is -1.04. The summed E-state index contributed by atoms with van der Waals surface area (Å²) in [6.45, 7) is 9.61. The van der Waals surface area contributed by atoms with E-state index in [1.54, 1.807) is 0 Å². The van der Waals surface area contributed by atoms with E-state index in [1.807, 2.05) is 17.8 Å². The summed E-state index contributed by atoms with van der Waals surface area (Å²) in [4.78, 5) is 19.9. The van der Waals surface area contributed by atoms with E-state index in [4.69, 9.17) is 0 Å². The summed E-state index contributed by atoms with van der Waals surface area (Å²) in [7, 11) is 0. The molecule has 132 valence electrons. The summed E-state index contributed by atoms with van der Waals surface area (Å²) in [5.41, 5.74) is 1.27. The molecule has 0 aliphatic carbocycles. The van der Waals surface area contributed by atoms with Gasteiger partial charge in [0.25, 0.3) is 0 Å². The summed E-state index contributed by atoms with van der Waals surface area (Å²) in [5, 5.41) is 0. The number of rotatable bonds is 5. The predicted octanol–water partition coefficient (Wildman–Crippen LogP) is 2.33. The number of benzene rings is 1. The lowest BCUT2D eigenvalue weighted by atomic mass is 10.1. The summed E-state index contributed by atoms with van der Waals surface area (Å²) in [6.07, 6.45) is 0.653. The van der Waals surface area contributed by atoms with Crippen LogP contribution in [0.2, 0.25) is 0 Å². The van der Waals surface area contributed by atoms with E-state index in [9.17, 15) is 4.79 Å². The first-order chi connectivity index (χ1) is 11.8. The van der Waals surface area contributed by atoms with Crippen molar-refractivity contribution in [3.8, 4) is 0 Å². The molecule has 1 aromatic rings. The van der Waals surface area contributed by atoms with Gasteiger partial charge in [-0.05, 0) is 12.1 Å². The fourth-order valence-electron chi connectivity index (χ4n) is 3.58. The molecule has 0 radical (unpaired) electrons. The average molecular weight is 348 g/mol. The highest BCUT2D eigenvalue weighted by Crippen LogP contribution is 2.29. The monoisotopic (exact) mass is 347 g/mol. The van der Waals surface area contributed by atoms with Crippen LogP contribution in [0.3, 0.4) is 0 Å². The minimum Gasteiger partial charge on any atom is -0.334 e. The van der Waals surface area contributed by atoms with Crippen LogP contribution >= 0.6 is 11.8 Å². The lowest BCUT2D eigenvalue weighted by Gasteiger charge is -2.37. The van der Waals surface area contributed by atoms with Crippen LogP contribution in [0.5, 0.6) is 0 Å². The normalized spacial score (nSPS) is 23.4. The number of thioether (sulfide) groups is 1. The molecule has 1 amide bonds. The van der Waals surface area contributed by atoms with E-state index >= 15 is 0 Å². The van der Waals surface area contributed by atoms with E-state index in [0.29, 0.717) is 12.3 Å². The van der Waals surface area contributed by atoms with E-state index in [-0.39, 0.29) is 6.04 Å². The molecule has 3 rings (SSSR count). The van der Waals surface area contributed by atoms with Gasteiger partial charge in [0, 0.05) is 57.2 Å². The van der Waals surface area contributed by atoms with Crippen molar-refractivity contribution >= 4 is 17.7 Å². The van der Waals surface area contributed by atoms with Gasteiger partial charge in [-0.3, -0.25) is 4.79 Å². The highest BCUT2D eigenvalue weighted by atomic mass is 32.2. The Kier molecular flexibility index (Phi) is 6.58. The Balaban J connectivity index is 1.53. The summed E-state index contributed by atoms with van der Waals surface area (Å²) >= 11 is 1.96. The van der Waals surface area contributed by atoms with Gasteiger partial charge in [-0.25, -0.2) is 0 Å². The molecule has 2 fully saturated rings. The molecule has 0 aromatic heterocycles. The third-order valence-electron chi connectivity index (χ3n) is 5.19. The highest BCUT2D eigenvalue weighted by Gasteiger charge is 2.28. The first-order valence-electron chi connectivity index (χ1n) is 9.15. The van der Waals surface area contributed by atoms with Crippen LogP contribution in [-0.4, -0.2) is 77.9 Å². The molecular formula is C19H29N3OS. The number of hydrogen-bond acceptors (Lipinski definition) is 4. The average Bonchev–Trinajstić information content (AvgIpc) is 2.67. The molecule has 0 unspecified atom stereocenters. The number of carbonyl (C=O) groups is 1. The van der Waals surface area contributed by atoms with Gasteiger partial charge >= 0.3 is 0 Å². The third-order valence-corrected chi connectivity index (χ3v) is 6.21. The summed E-state index contributed by atoms with van der Waals surface area (Å²) < 4.78 is 0. The second-order valence-electron chi connectivity index (χ2n) is 6.61. The van der Waals surface area contributed by atoms with E-state index in [2.05, 4.69) is 45.9 Å². The van der Waals surface area contributed by atoms with Gasteiger partial charge < -0.3 is 14.7 Å². The first kappa shape index (κ1) is 17.8. The van der Waals surface area contributed by atoms with Gasteiger partial charge in [-0.2, -0.15) is 11.8 Å². The lowest BCUT2D eigenvalue weighted by Crippen LogP contribution is -2.47. The number of hydrogen-bond donors (Lipinski definition) is 0. The molecule has 1 atom stereocenters. The fraction of sp³-hybridized carbons (Fsp3) is 0.632. The summed E-state index contributed by atoms with van der Waals surface area (Å²) in [6, 6.07) is 10.7. The zero-order valence-corrected chi connectivity index (χ0v) is 15.5. The van der Waals surface area contributed by atoms with Crippen molar-refractivity contribution in [2.75, 3.05) is 57.3 Å². The van der Waals surface area contributed by atoms with Gasteiger partial charge in [0.1, 0.15) is 0 Å². The van der Waals surface area contributed by atoms with Crippen molar-refractivity contribution in [1.29, 1.82) is 0 Å². The Labute approximate surface area is 150 Å². The zero-order chi connectivity index (χ0) is 16.8. The molecule has 1 aromatic carbocycles. The van der Waals surface area contributed by atoms with Crippen LogP contribution in [0.25, 0.3) is 0 Å². The molecule has 0 bridgehead atoms. The van der Waals surface area contributed by atoms with Crippen molar-refractivity contribution in [1.82, 2.24) is 14.7 Å². The highest BCUT2D eigenvalue weighted by molar-refractivity contribution is 7.99. The van der Waals surface area contributed by atoms with Gasteiger partial charge in [-0.15, -0.1) is 0 Å². The second kappa shape index (κ2) is 8.88. The van der Waals surface area contributed by atoms with Crippen LogP contribution in [0.1, 0.15) is 24.9 Å². The Morgan fingerprint density at radius 1 is 1.08 bits per heavy atom. The van der Waals surface area contributed by atoms with Crippen molar-refractivity contribution < 1.29 is 4.79 Å². The standard InChI is InChI=1S/C19H29N3OS/c1-2-20-10-12-21(13-11-20)9-8-19(23)22-14-15-24-16-18(22)17-6-4-3-5-7-17/h3-7,18H,2,8-16H2,1H3/t18-/m0/s1. The molecule has 2 saturated heterocycles. The van der Waals surface area contributed by atoms with E-state index in [1.165, 1.54) is 5.56 Å². The van der Waals surface area contributed by atoms with Crippen molar-refractivity contribution in [3.63, 3.8) is 0 Å².